The summed E-state index contributed by atoms with van der Waals surface area (Å²) in [6.45, 7) is 24.8. The number of fused-ring (bicyclic) bond motifs is 2. The summed E-state index contributed by atoms with van der Waals surface area (Å²) in [7, 11) is -2.32. The van der Waals surface area contributed by atoms with E-state index in [2.05, 4.69) is 116 Å². The van der Waals surface area contributed by atoms with Gasteiger partial charge in [-0.3, -0.25) is 0 Å². The molecule has 1 radical (unpaired) electrons. The average molecular weight is 574 g/mol. The van der Waals surface area contributed by atoms with E-state index in [-0.39, 0.29) is 0 Å². The molecule has 0 fully saturated rings. The van der Waals surface area contributed by atoms with Gasteiger partial charge in [-0.25, -0.2) is 0 Å². The van der Waals surface area contributed by atoms with Crippen molar-refractivity contribution in [1.29, 1.82) is 0 Å². The maximum absolute atomic E-state index is 2.63. The Balaban J connectivity index is 1.50. The average Bonchev–Trinajstić information content (AvgIpc) is 3.46. The van der Waals surface area contributed by atoms with Crippen LogP contribution < -0.4 is 0 Å². The van der Waals surface area contributed by atoms with Crippen LogP contribution in [-0.4, -0.2) is 16.1 Å². The quantitative estimate of drug-likeness (QED) is 0.185. The van der Waals surface area contributed by atoms with Crippen LogP contribution in [0.1, 0.15) is 84.0 Å². The molecule has 2 aromatic rings. The van der Waals surface area contributed by atoms with Crippen LogP contribution in [0.3, 0.4) is 0 Å². The van der Waals surface area contributed by atoms with Gasteiger partial charge < -0.3 is 0 Å². The molecular formula is C35H52ScSi2. The van der Waals surface area contributed by atoms with E-state index in [1.54, 1.807) is 11.1 Å². The number of hydrogen-bond acceptors (Lipinski definition) is 0. The van der Waals surface area contributed by atoms with Crippen molar-refractivity contribution in [3.05, 3.63) is 86.1 Å². The van der Waals surface area contributed by atoms with Gasteiger partial charge in [-0.05, 0) is 0 Å². The molecular weight excluding hydrogens is 522 g/mol. The Hall–Kier alpha value is -0.776. The van der Waals surface area contributed by atoms with Gasteiger partial charge in [-0.1, -0.05) is 0 Å². The van der Waals surface area contributed by atoms with Crippen molar-refractivity contribution in [2.75, 3.05) is 0 Å². The molecule has 0 bridgehead atoms. The third-order valence-electron chi connectivity index (χ3n) is 9.50. The van der Waals surface area contributed by atoms with Gasteiger partial charge in [0, 0.05) is 0 Å². The van der Waals surface area contributed by atoms with Crippen molar-refractivity contribution in [1.82, 2.24) is 0 Å². The Kier molecular flexibility index (Phi) is 9.53. The van der Waals surface area contributed by atoms with E-state index < -0.39 is 37.6 Å². The second-order valence-corrected chi connectivity index (χ2v) is 30.3. The summed E-state index contributed by atoms with van der Waals surface area (Å²) in [5, 5.41) is 2.01. The molecule has 0 spiro atoms. The predicted octanol–water partition coefficient (Wildman–Crippen LogP) is 11.1. The molecule has 2 unspecified atom stereocenters. The van der Waals surface area contributed by atoms with Crippen molar-refractivity contribution in [2.24, 2.45) is 0 Å². The molecule has 0 nitrogen and oxygen atoms in total. The number of rotatable bonds is 11. The zero-order chi connectivity index (χ0) is 27.8. The number of allylic oxidation sites excluding steroid dienone is 2. The zero-order valence-electron chi connectivity index (χ0n) is 26.1. The molecule has 2 atom stereocenters. The van der Waals surface area contributed by atoms with Crippen molar-refractivity contribution in [2.45, 2.75) is 111 Å². The minimum absolute atomic E-state index is 0.705. The first-order chi connectivity index (χ1) is 17.8. The van der Waals surface area contributed by atoms with Crippen LogP contribution in [0.4, 0.5) is 0 Å². The van der Waals surface area contributed by atoms with Crippen LogP contribution in [-0.2, 0) is 21.4 Å². The molecule has 2 aliphatic rings. The fourth-order valence-electron chi connectivity index (χ4n) is 7.83. The Labute approximate surface area is 245 Å². The van der Waals surface area contributed by atoms with Gasteiger partial charge in [-0.2, -0.15) is 0 Å². The van der Waals surface area contributed by atoms with Crippen LogP contribution >= 0.6 is 0 Å². The molecule has 2 aromatic carbocycles. The first-order valence-electron chi connectivity index (χ1n) is 15.2. The maximum atomic E-state index is 2.63. The van der Waals surface area contributed by atoms with Gasteiger partial charge in [0.15, 0.2) is 0 Å². The van der Waals surface area contributed by atoms with E-state index in [9.17, 15) is 0 Å². The summed E-state index contributed by atoms with van der Waals surface area (Å²) in [5.41, 5.74) is 12.4. The molecule has 0 aliphatic heterocycles. The van der Waals surface area contributed by atoms with Crippen LogP contribution in [0.15, 0.2) is 36.4 Å². The zero-order valence-corrected chi connectivity index (χ0v) is 29.9. The van der Waals surface area contributed by atoms with E-state index in [0.717, 1.165) is 0 Å². The van der Waals surface area contributed by atoms with Crippen molar-refractivity contribution in [3.63, 3.8) is 0 Å². The third kappa shape index (κ3) is 6.41. The Bertz CT molecular complexity index is 1120. The summed E-state index contributed by atoms with van der Waals surface area (Å²) in [6.07, 6.45) is 17.3. The molecule has 38 heavy (non-hydrogen) atoms. The molecule has 0 amide bonds. The summed E-state index contributed by atoms with van der Waals surface area (Å²) in [5.74, 6) is 0. The van der Waals surface area contributed by atoms with Gasteiger partial charge in [0.2, 0.25) is 0 Å². The molecule has 3 heteroatoms. The summed E-state index contributed by atoms with van der Waals surface area (Å²) in [6, 6.07) is 9.42. The third-order valence-corrected chi connectivity index (χ3v) is 24.4. The first kappa shape index (κ1) is 30.2. The molecule has 4 rings (SSSR count). The number of hydrogen-bond donors (Lipinski definition) is 0. The van der Waals surface area contributed by atoms with Crippen LogP contribution in [0, 0.1) is 32.9 Å². The van der Waals surface area contributed by atoms with E-state index in [0.29, 0.717) is 7.35 Å². The second kappa shape index (κ2) is 12.0. The summed E-state index contributed by atoms with van der Waals surface area (Å²) >= 11 is -1.84. The van der Waals surface area contributed by atoms with Crippen LogP contribution in [0.5, 0.6) is 0 Å². The Morgan fingerprint density at radius 2 is 1.03 bits per heavy atom. The fourth-order valence-corrected chi connectivity index (χ4v) is 25.7. The minimum atomic E-state index is -1.84. The Morgan fingerprint density at radius 3 is 1.47 bits per heavy atom. The number of benzene rings is 2. The summed E-state index contributed by atoms with van der Waals surface area (Å²) < 4.78 is 2.91. The van der Waals surface area contributed by atoms with Gasteiger partial charge in [0.05, 0.1) is 0 Å². The van der Waals surface area contributed by atoms with Crippen molar-refractivity contribution >= 4 is 28.3 Å². The van der Waals surface area contributed by atoms with Gasteiger partial charge in [0.25, 0.3) is 0 Å². The van der Waals surface area contributed by atoms with Crippen molar-refractivity contribution < 1.29 is 21.4 Å². The Morgan fingerprint density at radius 1 is 0.605 bits per heavy atom. The topological polar surface area (TPSA) is 0 Å². The normalized spacial score (nSPS) is 18.4. The SMILES string of the molecule is Cc1ccc(C)c2c1C=C[CH]2[Sc]([CH2]CCCCC[C]([Si](C)(C)C)[Si](C)(C)C)[CH]1C=Cc2c(C)ccc(C)c21. The fraction of sp³-hybridized carbons (Fsp3) is 0.514. The molecule has 203 valence electrons. The van der Waals surface area contributed by atoms with Gasteiger partial charge >= 0.3 is 246 Å². The second-order valence-electron chi connectivity index (χ2n) is 14.4. The van der Waals surface area contributed by atoms with E-state index >= 15 is 0 Å². The molecule has 2 aliphatic carbocycles. The molecule has 0 N–H and O–H groups in total. The first-order valence-corrected chi connectivity index (χ1v) is 25.6. The van der Waals surface area contributed by atoms with Crippen LogP contribution in [0.2, 0.25) is 43.5 Å². The number of unbranched alkanes of at least 4 members (excludes halogenated alkanes) is 3. The molecule has 0 saturated carbocycles. The molecule has 0 saturated heterocycles. The predicted molar refractivity (Wildman–Crippen MR) is 173 cm³/mol. The standard InChI is InChI=1S/C13H30Si2.2C11H11.Sc/c1-8-9-10-11-12-13(14(2,3)4)15(5,6)7;2*1-8-6-7-9(2)11-5-3-4-10(8)11;/h1,8-12H2,2-7H3;2*3-7H,1-2H3;. The summed E-state index contributed by atoms with van der Waals surface area (Å²) in [4.78, 5) is 0. The number of aryl methyl sites for hydroxylation is 4. The van der Waals surface area contributed by atoms with Crippen LogP contribution in [0.25, 0.3) is 12.2 Å². The monoisotopic (exact) mass is 573 g/mol. The van der Waals surface area contributed by atoms with E-state index in [1.165, 1.54) is 69.7 Å². The molecule has 0 aromatic heterocycles. The van der Waals surface area contributed by atoms with Crippen molar-refractivity contribution in [3.8, 4) is 0 Å². The van der Waals surface area contributed by atoms with E-state index in [1.807, 2.05) is 5.16 Å². The molecule has 0 heterocycles. The van der Waals surface area contributed by atoms with Gasteiger partial charge in [0.1, 0.15) is 0 Å². The van der Waals surface area contributed by atoms with E-state index in [4.69, 9.17) is 0 Å². The van der Waals surface area contributed by atoms with Gasteiger partial charge in [-0.15, -0.1) is 0 Å².